The first-order valence-corrected chi connectivity index (χ1v) is 7.17. The molecule has 1 aromatic carbocycles. The maximum Gasteiger partial charge on any atom is 0.325 e. The van der Waals surface area contributed by atoms with Crippen LogP contribution >= 0.6 is 11.3 Å². The number of carbonyl (C=O) groups excluding carboxylic acids is 3. The van der Waals surface area contributed by atoms with Gasteiger partial charge < -0.3 is 16.4 Å². The van der Waals surface area contributed by atoms with Gasteiger partial charge in [-0.3, -0.25) is 14.9 Å². The lowest BCUT2D eigenvalue weighted by atomic mass is 10.3. The molecule has 4 amide bonds. The van der Waals surface area contributed by atoms with Gasteiger partial charge in [0, 0.05) is 11.1 Å². The second-order valence-corrected chi connectivity index (χ2v) is 5.13. The van der Waals surface area contributed by atoms with E-state index in [2.05, 4.69) is 20.9 Å². The summed E-state index contributed by atoms with van der Waals surface area (Å²) in [5, 5.41) is 8.81. The highest BCUT2D eigenvalue weighted by Crippen LogP contribution is 2.16. The molecule has 0 aliphatic heterocycles. The number of amides is 4. The van der Waals surface area contributed by atoms with Crippen LogP contribution in [0.2, 0.25) is 0 Å². The normalized spacial score (nSPS) is 9.96. The number of thiazole rings is 1. The Morgan fingerprint density at radius 1 is 1.17 bits per heavy atom. The van der Waals surface area contributed by atoms with Gasteiger partial charge in [-0.05, 0) is 24.3 Å². The van der Waals surface area contributed by atoms with E-state index < -0.39 is 23.7 Å². The van der Waals surface area contributed by atoms with Gasteiger partial charge in [-0.2, -0.15) is 0 Å². The lowest BCUT2D eigenvalue weighted by Gasteiger charge is -2.04. The van der Waals surface area contributed by atoms with Gasteiger partial charge in [0.1, 0.15) is 11.5 Å². The molecule has 0 saturated carbocycles. The topological polar surface area (TPSA) is 126 Å². The van der Waals surface area contributed by atoms with Crippen molar-refractivity contribution < 1.29 is 18.8 Å². The van der Waals surface area contributed by atoms with Crippen molar-refractivity contribution in [1.82, 2.24) is 10.3 Å². The van der Waals surface area contributed by atoms with Gasteiger partial charge in [0.2, 0.25) is 5.91 Å². The molecule has 0 radical (unpaired) electrons. The summed E-state index contributed by atoms with van der Waals surface area (Å²) in [5.41, 5.74) is 5.36. The van der Waals surface area contributed by atoms with E-state index in [1.54, 1.807) is 0 Å². The molecular weight excluding hydrogens is 325 g/mol. The third kappa shape index (κ3) is 5.04. The van der Waals surface area contributed by atoms with E-state index in [0.717, 1.165) is 11.3 Å². The molecule has 0 atom stereocenters. The lowest BCUT2D eigenvalue weighted by molar-refractivity contribution is -0.117. The van der Waals surface area contributed by atoms with Crippen LogP contribution in [-0.4, -0.2) is 29.4 Å². The molecular formula is C13H12FN5O3S. The van der Waals surface area contributed by atoms with Crippen molar-refractivity contribution in [2.75, 3.05) is 17.2 Å². The SMILES string of the molecule is NC(=O)CNC(=O)c1csc(NC(=O)Nc2ccc(F)cc2)n1. The van der Waals surface area contributed by atoms with Crippen LogP contribution in [0.3, 0.4) is 0 Å². The second-order valence-electron chi connectivity index (χ2n) is 4.27. The number of urea groups is 1. The third-order valence-electron chi connectivity index (χ3n) is 2.48. The Balaban J connectivity index is 1.90. The summed E-state index contributed by atoms with van der Waals surface area (Å²) >= 11 is 1.03. The molecule has 23 heavy (non-hydrogen) atoms. The highest BCUT2D eigenvalue weighted by atomic mass is 32.1. The van der Waals surface area contributed by atoms with Gasteiger partial charge in [-0.1, -0.05) is 0 Å². The number of anilines is 2. The van der Waals surface area contributed by atoms with Gasteiger partial charge in [-0.15, -0.1) is 11.3 Å². The molecule has 0 aliphatic rings. The van der Waals surface area contributed by atoms with Crippen LogP contribution in [0, 0.1) is 5.82 Å². The Morgan fingerprint density at radius 3 is 2.52 bits per heavy atom. The fourth-order valence-corrected chi connectivity index (χ4v) is 2.17. The molecule has 0 saturated heterocycles. The first-order chi connectivity index (χ1) is 10.9. The minimum Gasteiger partial charge on any atom is -0.368 e. The number of benzene rings is 1. The number of carbonyl (C=O) groups is 3. The van der Waals surface area contributed by atoms with Crippen LogP contribution in [-0.2, 0) is 4.79 Å². The van der Waals surface area contributed by atoms with Crippen molar-refractivity contribution in [2.45, 2.75) is 0 Å². The van der Waals surface area contributed by atoms with Crippen molar-refractivity contribution in [3.8, 4) is 0 Å². The van der Waals surface area contributed by atoms with E-state index in [-0.39, 0.29) is 17.4 Å². The van der Waals surface area contributed by atoms with Gasteiger partial charge >= 0.3 is 6.03 Å². The molecule has 0 fully saturated rings. The third-order valence-corrected chi connectivity index (χ3v) is 3.24. The van der Waals surface area contributed by atoms with Crippen LogP contribution in [0.1, 0.15) is 10.5 Å². The number of primary amides is 1. The molecule has 120 valence electrons. The fraction of sp³-hybridized carbons (Fsp3) is 0.0769. The maximum absolute atomic E-state index is 12.8. The monoisotopic (exact) mass is 337 g/mol. The zero-order valence-corrected chi connectivity index (χ0v) is 12.4. The molecule has 0 spiro atoms. The van der Waals surface area contributed by atoms with E-state index in [1.165, 1.54) is 29.6 Å². The van der Waals surface area contributed by atoms with Gasteiger partial charge in [0.25, 0.3) is 5.91 Å². The quantitative estimate of drug-likeness (QED) is 0.652. The number of nitrogens with one attached hydrogen (secondary N) is 3. The molecule has 8 nitrogen and oxygen atoms in total. The number of nitrogens with two attached hydrogens (primary N) is 1. The Morgan fingerprint density at radius 2 is 1.87 bits per heavy atom. The summed E-state index contributed by atoms with van der Waals surface area (Å²) in [6.07, 6.45) is 0. The van der Waals surface area contributed by atoms with Crippen molar-refractivity contribution in [3.05, 3.63) is 41.2 Å². The van der Waals surface area contributed by atoms with E-state index in [1.807, 2.05) is 0 Å². The Bertz CT molecular complexity index is 731. The Hall–Kier alpha value is -3.01. The standard InChI is InChI=1S/C13H12FN5O3S/c14-7-1-3-8(4-2-7)17-12(22)19-13-18-9(6-23-13)11(21)16-5-10(15)20/h1-4,6H,5H2,(H2,15,20)(H,16,21)(H2,17,18,19,22). The second kappa shape index (κ2) is 7.31. The number of nitrogens with zero attached hydrogens (tertiary/aromatic N) is 1. The zero-order valence-electron chi connectivity index (χ0n) is 11.6. The Kier molecular flexibility index (Phi) is 5.20. The van der Waals surface area contributed by atoms with Crippen molar-refractivity contribution >= 4 is 40.0 Å². The van der Waals surface area contributed by atoms with E-state index in [9.17, 15) is 18.8 Å². The van der Waals surface area contributed by atoms with Gasteiger partial charge in [0.05, 0.1) is 6.54 Å². The molecule has 5 N–H and O–H groups in total. The van der Waals surface area contributed by atoms with E-state index in [0.29, 0.717) is 5.69 Å². The van der Waals surface area contributed by atoms with Gasteiger partial charge in [-0.25, -0.2) is 14.2 Å². The van der Waals surface area contributed by atoms with E-state index >= 15 is 0 Å². The summed E-state index contributed by atoms with van der Waals surface area (Å²) in [5.74, 6) is -1.67. The molecule has 1 heterocycles. The fourth-order valence-electron chi connectivity index (χ4n) is 1.49. The summed E-state index contributed by atoms with van der Waals surface area (Å²) in [6, 6.07) is 4.63. The van der Waals surface area contributed by atoms with Crippen LogP contribution in [0.5, 0.6) is 0 Å². The smallest absolute Gasteiger partial charge is 0.325 e. The number of hydrogen-bond donors (Lipinski definition) is 4. The predicted octanol–water partition coefficient (Wildman–Crippen LogP) is 1.14. The van der Waals surface area contributed by atoms with Gasteiger partial charge in [0.15, 0.2) is 5.13 Å². The largest absolute Gasteiger partial charge is 0.368 e. The molecule has 2 aromatic rings. The summed E-state index contributed by atoms with van der Waals surface area (Å²) < 4.78 is 12.8. The average molecular weight is 337 g/mol. The first kappa shape index (κ1) is 16.4. The summed E-state index contributed by atoms with van der Waals surface area (Å²) in [6.45, 7) is -0.301. The van der Waals surface area contributed by atoms with Crippen LogP contribution in [0.15, 0.2) is 29.6 Å². The Labute approximate surface area is 133 Å². The van der Waals surface area contributed by atoms with E-state index in [4.69, 9.17) is 5.73 Å². The minimum absolute atomic E-state index is 0.0494. The summed E-state index contributed by atoms with van der Waals surface area (Å²) in [7, 11) is 0. The first-order valence-electron chi connectivity index (χ1n) is 6.29. The predicted molar refractivity (Wildman–Crippen MR) is 82.7 cm³/mol. The van der Waals surface area contributed by atoms with Crippen LogP contribution < -0.4 is 21.7 Å². The zero-order chi connectivity index (χ0) is 16.8. The number of hydrogen-bond acceptors (Lipinski definition) is 5. The maximum atomic E-state index is 12.8. The molecule has 0 bridgehead atoms. The molecule has 2 rings (SSSR count). The highest BCUT2D eigenvalue weighted by molar-refractivity contribution is 7.14. The van der Waals surface area contributed by atoms with Crippen LogP contribution in [0.25, 0.3) is 0 Å². The number of aromatic nitrogens is 1. The lowest BCUT2D eigenvalue weighted by Crippen LogP contribution is -2.33. The van der Waals surface area contributed by atoms with Crippen molar-refractivity contribution in [3.63, 3.8) is 0 Å². The molecule has 1 aromatic heterocycles. The summed E-state index contributed by atoms with van der Waals surface area (Å²) in [4.78, 5) is 37.9. The van der Waals surface area contributed by atoms with Crippen LogP contribution in [0.4, 0.5) is 20.0 Å². The highest BCUT2D eigenvalue weighted by Gasteiger charge is 2.12. The molecule has 10 heteroatoms. The number of halogens is 1. The number of rotatable bonds is 5. The minimum atomic E-state index is -0.675. The van der Waals surface area contributed by atoms with Crippen molar-refractivity contribution in [2.24, 2.45) is 5.73 Å². The molecule has 0 aliphatic carbocycles. The average Bonchev–Trinajstić information content (AvgIpc) is 2.95. The molecule has 0 unspecified atom stereocenters. The van der Waals surface area contributed by atoms with Crippen molar-refractivity contribution in [1.29, 1.82) is 0 Å².